The van der Waals surface area contributed by atoms with E-state index < -0.39 is 5.97 Å². The number of carboxylic acid groups (broad SMARTS) is 1. The summed E-state index contributed by atoms with van der Waals surface area (Å²) in [5.74, 6) is 0.661. The molecule has 0 aliphatic heterocycles. The van der Waals surface area contributed by atoms with Gasteiger partial charge in [0.1, 0.15) is 5.75 Å². The van der Waals surface area contributed by atoms with Crippen LogP contribution in [-0.4, -0.2) is 52.4 Å². The lowest BCUT2D eigenvalue weighted by Gasteiger charge is -2.36. The highest BCUT2D eigenvalue weighted by atomic mass is 32.2. The number of carbonyl (C=O) groups is 2. The van der Waals surface area contributed by atoms with E-state index in [0.717, 1.165) is 48.5 Å². The molecule has 7 nitrogen and oxygen atoms in total. The molecular formula is C23H31N3O4S2. The van der Waals surface area contributed by atoms with Gasteiger partial charge in [-0.25, -0.2) is 9.78 Å². The zero-order valence-electron chi connectivity index (χ0n) is 18.6. The number of aliphatic carboxylic acids is 1. The fourth-order valence-electron chi connectivity index (χ4n) is 3.97. The molecule has 0 unspecified atom stereocenters. The van der Waals surface area contributed by atoms with Crippen molar-refractivity contribution in [1.29, 1.82) is 0 Å². The van der Waals surface area contributed by atoms with Crippen molar-refractivity contribution in [3.63, 3.8) is 0 Å². The first-order chi connectivity index (χ1) is 15.4. The van der Waals surface area contributed by atoms with Crippen LogP contribution >= 0.6 is 23.1 Å². The average molecular weight is 478 g/mol. The fraction of sp³-hybridized carbons (Fsp3) is 0.522. The first-order valence-corrected chi connectivity index (χ1v) is 12.8. The highest BCUT2D eigenvalue weighted by Crippen LogP contribution is 2.30. The molecule has 174 valence electrons. The highest BCUT2D eigenvalue weighted by molar-refractivity contribution is 8.01. The Kier molecular flexibility index (Phi) is 9.23. The summed E-state index contributed by atoms with van der Waals surface area (Å²) in [6, 6.07) is 8.16. The molecule has 1 aliphatic carbocycles. The number of hydrogen-bond acceptors (Lipinski definition) is 6. The SMILES string of the molecule is COc1cccc(CCCN(C(=O)Nc2ncc(SCC(=O)O)s2)C2CCC(C)CC2)c1. The van der Waals surface area contributed by atoms with E-state index >= 15 is 0 Å². The Morgan fingerprint density at radius 2 is 2.09 bits per heavy atom. The van der Waals surface area contributed by atoms with Crippen LogP contribution in [0.5, 0.6) is 5.75 Å². The van der Waals surface area contributed by atoms with Gasteiger partial charge in [0, 0.05) is 12.6 Å². The highest BCUT2D eigenvalue weighted by Gasteiger charge is 2.27. The number of benzene rings is 1. The third kappa shape index (κ3) is 7.41. The van der Waals surface area contributed by atoms with Crippen LogP contribution in [0.25, 0.3) is 0 Å². The van der Waals surface area contributed by atoms with Crippen LogP contribution in [0.2, 0.25) is 0 Å². The Morgan fingerprint density at radius 1 is 1.31 bits per heavy atom. The lowest BCUT2D eigenvalue weighted by molar-refractivity contribution is -0.133. The first kappa shape index (κ1) is 24.4. The standard InChI is InChI=1S/C23H31N3O4S2/c1-16-8-10-18(11-9-16)26(12-4-6-17-5-3-7-19(13-17)30-2)23(29)25-22-24-14-21(32-22)31-15-20(27)28/h3,5,7,13-14,16,18H,4,6,8-12,15H2,1-2H3,(H,27,28)(H,24,25,29). The first-order valence-electron chi connectivity index (χ1n) is 11.0. The topological polar surface area (TPSA) is 91.8 Å². The molecule has 32 heavy (non-hydrogen) atoms. The van der Waals surface area contributed by atoms with E-state index in [1.54, 1.807) is 13.3 Å². The molecule has 0 spiro atoms. The van der Waals surface area contributed by atoms with Crippen LogP contribution in [0, 0.1) is 5.92 Å². The maximum atomic E-state index is 13.2. The van der Waals surface area contributed by atoms with Crippen molar-refractivity contribution in [2.45, 2.75) is 55.7 Å². The number of nitrogens with zero attached hydrogens (tertiary/aromatic N) is 2. The van der Waals surface area contributed by atoms with E-state index in [2.05, 4.69) is 23.3 Å². The molecule has 1 aromatic carbocycles. The van der Waals surface area contributed by atoms with Crippen molar-refractivity contribution in [3.05, 3.63) is 36.0 Å². The van der Waals surface area contributed by atoms with Gasteiger partial charge in [-0.15, -0.1) is 11.8 Å². The molecule has 2 aromatic rings. The number of nitrogens with one attached hydrogen (secondary N) is 1. The largest absolute Gasteiger partial charge is 0.497 e. The van der Waals surface area contributed by atoms with E-state index in [4.69, 9.17) is 9.84 Å². The summed E-state index contributed by atoms with van der Waals surface area (Å²) in [5, 5.41) is 12.3. The van der Waals surface area contributed by atoms with Gasteiger partial charge in [0.2, 0.25) is 0 Å². The third-order valence-electron chi connectivity index (χ3n) is 5.72. The summed E-state index contributed by atoms with van der Waals surface area (Å²) in [4.78, 5) is 30.2. The summed E-state index contributed by atoms with van der Waals surface area (Å²) >= 11 is 2.52. The molecule has 2 N–H and O–H groups in total. The number of ether oxygens (including phenoxy) is 1. The van der Waals surface area contributed by atoms with E-state index in [1.807, 2.05) is 23.1 Å². The van der Waals surface area contributed by atoms with Gasteiger partial charge in [0.05, 0.1) is 23.3 Å². The van der Waals surface area contributed by atoms with Crippen LogP contribution in [-0.2, 0) is 11.2 Å². The normalized spacial score (nSPS) is 18.2. The zero-order chi connectivity index (χ0) is 22.9. The van der Waals surface area contributed by atoms with E-state index in [1.165, 1.54) is 28.7 Å². The lowest BCUT2D eigenvalue weighted by atomic mass is 9.86. The number of thiazole rings is 1. The molecule has 1 saturated carbocycles. The molecule has 1 aromatic heterocycles. The van der Waals surface area contributed by atoms with Crippen LogP contribution < -0.4 is 10.1 Å². The van der Waals surface area contributed by atoms with Crippen molar-refractivity contribution in [2.75, 3.05) is 24.7 Å². The number of rotatable bonds is 10. The minimum atomic E-state index is -0.872. The predicted molar refractivity (Wildman–Crippen MR) is 129 cm³/mol. The number of thioether (sulfide) groups is 1. The quantitative estimate of drug-likeness (QED) is 0.447. The van der Waals surface area contributed by atoms with Crippen molar-refractivity contribution in [3.8, 4) is 5.75 Å². The third-order valence-corrected chi connectivity index (χ3v) is 7.81. The van der Waals surface area contributed by atoms with Crippen LogP contribution in [0.3, 0.4) is 0 Å². The van der Waals surface area contributed by atoms with Gasteiger partial charge in [0.25, 0.3) is 0 Å². The zero-order valence-corrected chi connectivity index (χ0v) is 20.2. The number of carboxylic acids is 1. The maximum Gasteiger partial charge on any atom is 0.323 e. The molecule has 0 radical (unpaired) electrons. The molecule has 1 fully saturated rings. The molecule has 9 heteroatoms. The molecule has 1 aliphatic rings. The Labute approximate surface area is 197 Å². The number of aryl methyl sites for hydroxylation is 1. The smallest absolute Gasteiger partial charge is 0.323 e. The molecule has 1 heterocycles. The van der Waals surface area contributed by atoms with E-state index in [-0.39, 0.29) is 17.8 Å². The Balaban J connectivity index is 1.61. The average Bonchev–Trinajstić information content (AvgIpc) is 3.23. The summed E-state index contributed by atoms with van der Waals surface area (Å²) in [6.07, 6.45) is 7.66. The number of methoxy groups -OCH3 is 1. The minimum absolute atomic E-state index is 0.0216. The van der Waals surface area contributed by atoms with Gasteiger partial charge in [0.15, 0.2) is 5.13 Å². The maximum absolute atomic E-state index is 13.2. The van der Waals surface area contributed by atoms with E-state index in [0.29, 0.717) is 17.6 Å². The second-order valence-corrected chi connectivity index (χ2v) is 10.5. The van der Waals surface area contributed by atoms with E-state index in [9.17, 15) is 9.59 Å². The second kappa shape index (κ2) is 12.1. The molecule has 0 saturated heterocycles. The second-order valence-electron chi connectivity index (χ2n) is 8.16. The summed E-state index contributed by atoms with van der Waals surface area (Å²) in [5.41, 5.74) is 1.20. The number of urea groups is 1. The van der Waals surface area contributed by atoms with Crippen molar-refractivity contribution in [1.82, 2.24) is 9.88 Å². The van der Waals surface area contributed by atoms with Crippen molar-refractivity contribution in [2.24, 2.45) is 5.92 Å². The summed E-state index contributed by atoms with van der Waals surface area (Å²) < 4.78 is 6.09. The fourth-order valence-corrected chi connectivity index (χ4v) is 5.55. The number of hydrogen-bond donors (Lipinski definition) is 2. The van der Waals surface area contributed by atoms with Crippen LogP contribution in [0.1, 0.15) is 44.6 Å². The predicted octanol–water partition coefficient (Wildman–Crippen LogP) is 5.37. The van der Waals surface area contributed by atoms with Crippen LogP contribution in [0.4, 0.5) is 9.93 Å². The van der Waals surface area contributed by atoms with Gasteiger partial charge in [-0.05, 0) is 62.1 Å². The number of anilines is 1. The molecule has 2 amide bonds. The molecular weight excluding hydrogens is 446 g/mol. The van der Waals surface area contributed by atoms with Crippen molar-refractivity contribution >= 4 is 40.2 Å². The summed E-state index contributed by atoms with van der Waals surface area (Å²) in [7, 11) is 1.67. The molecule has 3 rings (SSSR count). The van der Waals surface area contributed by atoms with Gasteiger partial charge in [-0.3, -0.25) is 10.1 Å². The Bertz CT molecular complexity index is 897. The molecule has 0 bridgehead atoms. The van der Waals surface area contributed by atoms with Crippen molar-refractivity contribution < 1.29 is 19.4 Å². The van der Waals surface area contributed by atoms with Gasteiger partial charge in [-0.2, -0.15) is 0 Å². The number of carbonyl (C=O) groups excluding carboxylic acids is 1. The monoisotopic (exact) mass is 477 g/mol. The van der Waals surface area contributed by atoms with Gasteiger partial charge in [-0.1, -0.05) is 30.4 Å². The Morgan fingerprint density at radius 3 is 2.81 bits per heavy atom. The lowest BCUT2D eigenvalue weighted by Crippen LogP contribution is -2.45. The Hall–Kier alpha value is -2.26. The van der Waals surface area contributed by atoms with Gasteiger partial charge < -0.3 is 14.7 Å². The van der Waals surface area contributed by atoms with Gasteiger partial charge >= 0.3 is 12.0 Å². The minimum Gasteiger partial charge on any atom is -0.497 e. The number of aromatic nitrogens is 1. The summed E-state index contributed by atoms with van der Waals surface area (Å²) in [6.45, 7) is 2.95. The number of amides is 2. The van der Waals surface area contributed by atoms with Crippen LogP contribution in [0.15, 0.2) is 34.7 Å². The molecule has 0 atom stereocenters.